The highest BCUT2D eigenvalue weighted by molar-refractivity contribution is 9.10. The zero-order valence-electron chi connectivity index (χ0n) is 10.4. The lowest BCUT2D eigenvalue weighted by Crippen LogP contribution is -2.20. The fourth-order valence-electron chi connectivity index (χ4n) is 2.20. The summed E-state index contributed by atoms with van der Waals surface area (Å²) < 4.78 is 19.9. The Morgan fingerprint density at radius 1 is 1.47 bits per heavy atom. The first-order chi connectivity index (χ1) is 9.09. The van der Waals surface area contributed by atoms with Gasteiger partial charge in [-0.3, -0.25) is 4.79 Å². The zero-order chi connectivity index (χ0) is 13.8. The predicted octanol–water partition coefficient (Wildman–Crippen LogP) is 4.77. The van der Waals surface area contributed by atoms with Gasteiger partial charge in [-0.25, -0.2) is 4.39 Å². The summed E-state index contributed by atoms with van der Waals surface area (Å²) in [5.74, 6) is -0.869. The molecule has 104 valence electrons. The number of ether oxygens (including phenoxy) is 1. The van der Waals surface area contributed by atoms with Crippen molar-refractivity contribution in [2.45, 2.75) is 38.2 Å². The van der Waals surface area contributed by atoms with Crippen molar-refractivity contribution in [1.29, 1.82) is 0 Å². The largest absolute Gasteiger partial charge is 0.378 e. The molecule has 0 aliphatic carbocycles. The number of ketones is 1. The van der Waals surface area contributed by atoms with Gasteiger partial charge in [-0.05, 0) is 53.7 Å². The molecule has 1 atom stereocenters. The topological polar surface area (TPSA) is 26.3 Å². The summed E-state index contributed by atoms with van der Waals surface area (Å²) in [6.45, 7) is 0.761. The summed E-state index contributed by atoms with van der Waals surface area (Å²) in [7, 11) is 0. The molecule has 5 heteroatoms. The van der Waals surface area contributed by atoms with Crippen LogP contribution in [0.3, 0.4) is 0 Å². The third-order valence-corrected chi connectivity index (χ3v) is 4.56. The first kappa shape index (κ1) is 14.9. The van der Waals surface area contributed by atoms with Gasteiger partial charge in [0.1, 0.15) is 0 Å². The average molecular weight is 350 g/mol. The minimum absolute atomic E-state index is 0.0419. The lowest BCUT2D eigenvalue weighted by molar-refractivity contribution is 0.0104. The van der Waals surface area contributed by atoms with E-state index >= 15 is 0 Å². The van der Waals surface area contributed by atoms with Gasteiger partial charge in [0.05, 0.1) is 16.7 Å². The third kappa shape index (κ3) is 3.77. The predicted molar refractivity (Wildman–Crippen MR) is 76.3 cm³/mol. The number of rotatable bonds is 4. The van der Waals surface area contributed by atoms with Crippen molar-refractivity contribution in [3.63, 3.8) is 0 Å². The van der Waals surface area contributed by atoms with E-state index in [0.29, 0.717) is 17.3 Å². The van der Waals surface area contributed by atoms with E-state index in [0.717, 1.165) is 25.9 Å². The van der Waals surface area contributed by atoms with Crippen molar-refractivity contribution in [3.8, 4) is 0 Å². The molecule has 0 amide bonds. The van der Waals surface area contributed by atoms with Crippen LogP contribution in [-0.4, -0.2) is 18.5 Å². The highest BCUT2D eigenvalue weighted by atomic mass is 79.9. The first-order valence-corrected chi connectivity index (χ1v) is 7.55. The highest BCUT2D eigenvalue weighted by Gasteiger charge is 2.19. The molecule has 1 aliphatic heterocycles. The summed E-state index contributed by atoms with van der Waals surface area (Å²) in [5.41, 5.74) is 0.0593. The number of hydrogen-bond donors (Lipinski definition) is 0. The molecule has 1 fully saturated rings. The van der Waals surface area contributed by atoms with Crippen LogP contribution in [0.15, 0.2) is 16.6 Å². The van der Waals surface area contributed by atoms with E-state index in [-0.39, 0.29) is 22.5 Å². The Hall–Kier alpha value is -0.450. The van der Waals surface area contributed by atoms with Crippen molar-refractivity contribution in [3.05, 3.63) is 33.0 Å². The smallest absolute Gasteiger partial charge is 0.165 e. The van der Waals surface area contributed by atoms with Crippen LogP contribution in [0.2, 0.25) is 5.02 Å². The van der Waals surface area contributed by atoms with Crippen LogP contribution in [0.1, 0.15) is 42.5 Å². The van der Waals surface area contributed by atoms with Crippen LogP contribution in [-0.2, 0) is 4.74 Å². The van der Waals surface area contributed by atoms with Crippen molar-refractivity contribution in [2.24, 2.45) is 0 Å². The van der Waals surface area contributed by atoms with Gasteiger partial charge in [0.15, 0.2) is 11.6 Å². The normalized spacial score (nSPS) is 19.4. The Morgan fingerprint density at radius 2 is 2.26 bits per heavy atom. The van der Waals surface area contributed by atoms with Crippen molar-refractivity contribution >= 4 is 33.3 Å². The standard InChI is InChI=1S/C14H15BrClFO2/c15-11-6-5-10(14(17)13(11)16)12(18)7-4-9-3-1-2-8-19-9/h5-6,9H,1-4,7-8H2. The van der Waals surface area contributed by atoms with E-state index in [1.54, 1.807) is 6.07 Å². The minimum Gasteiger partial charge on any atom is -0.378 e. The molecule has 0 radical (unpaired) electrons. The molecule has 1 aromatic carbocycles. The van der Waals surface area contributed by atoms with Gasteiger partial charge < -0.3 is 4.74 Å². The van der Waals surface area contributed by atoms with Gasteiger partial charge in [0.2, 0.25) is 0 Å². The average Bonchev–Trinajstić information content (AvgIpc) is 2.43. The maximum absolute atomic E-state index is 13.9. The molecule has 1 saturated heterocycles. The Bertz CT molecular complexity index is 473. The monoisotopic (exact) mass is 348 g/mol. The lowest BCUT2D eigenvalue weighted by atomic mass is 10.00. The molecule has 1 unspecified atom stereocenters. The van der Waals surface area contributed by atoms with Crippen LogP contribution in [0.5, 0.6) is 0 Å². The fraction of sp³-hybridized carbons (Fsp3) is 0.500. The minimum atomic E-state index is -0.648. The van der Waals surface area contributed by atoms with Crippen LogP contribution in [0.4, 0.5) is 4.39 Å². The van der Waals surface area contributed by atoms with E-state index in [4.69, 9.17) is 16.3 Å². The van der Waals surface area contributed by atoms with Crippen LogP contribution in [0.25, 0.3) is 0 Å². The van der Waals surface area contributed by atoms with E-state index in [1.165, 1.54) is 6.07 Å². The Morgan fingerprint density at radius 3 is 2.95 bits per heavy atom. The second kappa shape index (κ2) is 6.82. The molecule has 19 heavy (non-hydrogen) atoms. The number of Topliss-reactive ketones (excluding diaryl/α,β-unsaturated/α-hetero) is 1. The van der Waals surface area contributed by atoms with Gasteiger partial charge in [-0.2, -0.15) is 0 Å². The van der Waals surface area contributed by atoms with E-state index in [9.17, 15) is 9.18 Å². The third-order valence-electron chi connectivity index (χ3n) is 3.30. The second-order valence-corrected chi connectivity index (χ2v) is 5.91. The SMILES string of the molecule is O=C(CCC1CCCCO1)c1ccc(Br)c(Cl)c1F. The fourth-order valence-corrected chi connectivity index (χ4v) is 2.67. The van der Waals surface area contributed by atoms with Crippen LogP contribution in [0, 0.1) is 5.82 Å². The molecule has 1 heterocycles. The maximum Gasteiger partial charge on any atom is 0.165 e. The van der Waals surface area contributed by atoms with Crippen molar-refractivity contribution < 1.29 is 13.9 Å². The van der Waals surface area contributed by atoms with Gasteiger partial charge in [-0.15, -0.1) is 0 Å². The van der Waals surface area contributed by atoms with E-state index in [1.807, 2.05) is 0 Å². The quantitative estimate of drug-likeness (QED) is 0.578. The highest BCUT2D eigenvalue weighted by Crippen LogP contribution is 2.28. The number of halogens is 3. The molecule has 0 bridgehead atoms. The number of carbonyl (C=O) groups excluding carboxylic acids is 1. The van der Waals surface area contributed by atoms with E-state index < -0.39 is 5.82 Å². The number of benzene rings is 1. The van der Waals surface area contributed by atoms with Crippen molar-refractivity contribution in [1.82, 2.24) is 0 Å². The van der Waals surface area contributed by atoms with Crippen LogP contribution >= 0.6 is 27.5 Å². The summed E-state index contributed by atoms with van der Waals surface area (Å²) in [6, 6.07) is 3.06. The Balaban J connectivity index is 1.98. The lowest BCUT2D eigenvalue weighted by Gasteiger charge is -2.22. The molecule has 0 aromatic heterocycles. The molecule has 0 saturated carbocycles. The summed E-state index contributed by atoms with van der Waals surface area (Å²) in [5, 5.41) is -0.0419. The summed E-state index contributed by atoms with van der Waals surface area (Å²) in [4.78, 5) is 12.0. The number of hydrogen-bond acceptors (Lipinski definition) is 2. The van der Waals surface area contributed by atoms with Crippen molar-refractivity contribution in [2.75, 3.05) is 6.61 Å². The summed E-state index contributed by atoms with van der Waals surface area (Å²) in [6.07, 6.45) is 4.27. The molecular weight excluding hydrogens is 335 g/mol. The van der Waals surface area contributed by atoms with Gasteiger partial charge in [0.25, 0.3) is 0 Å². The summed E-state index contributed by atoms with van der Waals surface area (Å²) >= 11 is 8.90. The van der Waals surface area contributed by atoms with Gasteiger partial charge in [0, 0.05) is 17.5 Å². The second-order valence-electron chi connectivity index (χ2n) is 4.67. The number of carbonyl (C=O) groups is 1. The maximum atomic E-state index is 13.9. The van der Waals surface area contributed by atoms with E-state index in [2.05, 4.69) is 15.9 Å². The molecule has 0 N–H and O–H groups in total. The molecule has 1 aromatic rings. The Labute approximate surface area is 125 Å². The first-order valence-electron chi connectivity index (χ1n) is 6.38. The molecule has 1 aliphatic rings. The molecular formula is C14H15BrClFO2. The molecule has 2 nitrogen and oxygen atoms in total. The van der Waals surface area contributed by atoms with Crippen LogP contribution < -0.4 is 0 Å². The molecule has 2 rings (SSSR count). The van der Waals surface area contributed by atoms with Gasteiger partial charge >= 0.3 is 0 Å². The Kier molecular flexibility index (Phi) is 5.37. The zero-order valence-corrected chi connectivity index (χ0v) is 12.8. The van der Waals surface area contributed by atoms with Gasteiger partial charge in [-0.1, -0.05) is 11.6 Å². The molecule has 0 spiro atoms.